The SMILES string of the molecule is O[C@@H]1O[C@H](COCc2ccccc2)[C@H](OCc2ccccc2)[C@H](OCc2ccccc2)[C@H]1Br. The highest BCUT2D eigenvalue weighted by atomic mass is 79.9. The van der Waals surface area contributed by atoms with Crippen LogP contribution < -0.4 is 0 Å². The van der Waals surface area contributed by atoms with Crippen molar-refractivity contribution >= 4 is 15.9 Å². The van der Waals surface area contributed by atoms with Gasteiger partial charge in [0.15, 0.2) is 6.29 Å². The van der Waals surface area contributed by atoms with Gasteiger partial charge in [0, 0.05) is 0 Å². The normalized spacial score (nSPS) is 25.1. The Bertz CT molecular complexity index is 941. The molecule has 1 fully saturated rings. The molecule has 4 rings (SSSR count). The van der Waals surface area contributed by atoms with Gasteiger partial charge < -0.3 is 24.1 Å². The van der Waals surface area contributed by atoms with Crippen LogP contribution in [0, 0.1) is 0 Å². The molecule has 1 heterocycles. The van der Waals surface area contributed by atoms with Gasteiger partial charge >= 0.3 is 0 Å². The molecular formula is C27H29BrO5. The number of rotatable bonds is 10. The van der Waals surface area contributed by atoms with E-state index in [0.29, 0.717) is 19.8 Å². The third-order valence-corrected chi connectivity index (χ3v) is 6.53. The lowest BCUT2D eigenvalue weighted by atomic mass is 10.0. The molecule has 0 amide bonds. The second-order valence-electron chi connectivity index (χ2n) is 8.03. The Hall–Kier alpha value is -2.06. The molecule has 0 saturated carbocycles. The van der Waals surface area contributed by atoms with Crippen molar-refractivity contribution in [2.24, 2.45) is 0 Å². The molecular weight excluding hydrogens is 484 g/mol. The van der Waals surface area contributed by atoms with Crippen molar-refractivity contribution in [3.05, 3.63) is 108 Å². The van der Waals surface area contributed by atoms with Gasteiger partial charge in [-0.2, -0.15) is 0 Å². The van der Waals surface area contributed by atoms with Crippen molar-refractivity contribution in [3.63, 3.8) is 0 Å². The monoisotopic (exact) mass is 512 g/mol. The molecule has 1 aliphatic heterocycles. The third kappa shape index (κ3) is 6.96. The van der Waals surface area contributed by atoms with Crippen LogP contribution in [0.2, 0.25) is 0 Å². The summed E-state index contributed by atoms with van der Waals surface area (Å²) >= 11 is 3.57. The van der Waals surface area contributed by atoms with E-state index in [-0.39, 0.29) is 6.61 Å². The predicted molar refractivity (Wildman–Crippen MR) is 130 cm³/mol. The first-order valence-electron chi connectivity index (χ1n) is 11.1. The van der Waals surface area contributed by atoms with E-state index in [4.69, 9.17) is 18.9 Å². The first kappa shape index (κ1) is 24.1. The average Bonchev–Trinajstić information content (AvgIpc) is 2.86. The van der Waals surface area contributed by atoms with Crippen molar-refractivity contribution in [1.82, 2.24) is 0 Å². The summed E-state index contributed by atoms with van der Waals surface area (Å²) in [4.78, 5) is -0.438. The number of halogens is 1. The molecule has 0 aliphatic carbocycles. The van der Waals surface area contributed by atoms with Crippen LogP contribution in [0.1, 0.15) is 16.7 Å². The summed E-state index contributed by atoms with van der Waals surface area (Å²) in [6.07, 6.45) is -2.38. The summed E-state index contributed by atoms with van der Waals surface area (Å²) in [5.74, 6) is 0. The molecule has 0 radical (unpaired) electrons. The molecule has 33 heavy (non-hydrogen) atoms. The molecule has 3 aromatic carbocycles. The Kier molecular flexibility index (Phi) is 9.06. The van der Waals surface area contributed by atoms with E-state index in [1.54, 1.807) is 0 Å². The molecule has 5 nitrogen and oxygen atoms in total. The van der Waals surface area contributed by atoms with E-state index in [1.165, 1.54) is 0 Å². The number of benzene rings is 3. The van der Waals surface area contributed by atoms with Gasteiger partial charge in [0.1, 0.15) is 18.3 Å². The molecule has 3 aromatic rings. The Labute approximate surface area is 203 Å². The average molecular weight is 513 g/mol. The maximum absolute atomic E-state index is 10.6. The number of hydrogen-bond acceptors (Lipinski definition) is 5. The van der Waals surface area contributed by atoms with E-state index in [2.05, 4.69) is 15.9 Å². The molecule has 1 N–H and O–H groups in total. The second-order valence-corrected chi connectivity index (χ2v) is 9.09. The van der Waals surface area contributed by atoms with Crippen LogP contribution in [-0.2, 0) is 38.8 Å². The summed E-state index contributed by atoms with van der Waals surface area (Å²) in [6.45, 7) is 1.54. The number of hydrogen-bond donors (Lipinski definition) is 1. The summed E-state index contributed by atoms with van der Waals surface area (Å²) in [6, 6.07) is 29.9. The lowest BCUT2D eigenvalue weighted by Crippen LogP contribution is -2.58. The highest BCUT2D eigenvalue weighted by molar-refractivity contribution is 9.09. The zero-order valence-corrected chi connectivity index (χ0v) is 19.9. The van der Waals surface area contributed by atoms with Crippen molar-refractivity contribution < 1.29 is 24.1 Å². The summed E-state index contributed by atoms with van der Waals surface area (Å²) in [5.41, 5.74) is 3.18. The Morgan fingerprint density at radius 3 is 1.64 bits per heavy atom. The van der Waals surface area contributed by atoms with Gasteiger partial charge in [-0.1, -0.05) is 107 Å². The standard InChI is InChI=1S/C27H29BrO5/c28-24-26(32-18-22-14-8-3-9-15-22)25(31-17-21-12-6-2-7-13-21)23(33-27(24)29)19-30-16-20-10-4-1-5-11-20/h1-15,23-27,29H,16-19H2/t23-,24-,25+,26-,27-/m1/s1. The zero-order chi connectivity index (χ0) is 22.9. The van der Waals surface area contributed by atoms with Crippen molar-refractivity contribution in [3.8, 4) is 0 Å². The molecule has 1 saturated heterocycles. The summed E-state index contributed by atoms with van der Waals surface area (Å²) in [5, 5.41) is 10.6. The number of alkyl halides is 1. The minimum atomic E-state index is -1.03. The minimum absolute atomic E-state index is 0.274. The highest BCUT2D eigenvalue weighted by Crippen LogP contribution is 2.31. The van der Waals surface area contributed by atoms with Gasteiger partial charge in [-0.25, -0.2) is 0 Å². The maximum Gasteiger partial charge on any atom is 0.170 e. The van der Waals surface area contributed by atoms with Crippen LogP contribution >= 0.6 is 15.9 Å². The van der Waals surface area contributed by atoms with Gasteiger partial charge in [-0.15, -0.1) is 0 Å². The fourth-order valence-electron chi connectivity index (χ4n) is 3.81. The van der Waals surface area contributed by atoms with Gasteiger partial charge in [0.2, 0.25) is 0 Å². The Morgan fingerprint density at radius 1 is 0.667 bits per heavy atom. The minimum Gasteiger partial charge on any atom is -0.374 e. The van der Waals surface area contributed by atoms with E-state index < -0.39 is 29.4 Å². The van der Waals surface area contributed by atoms with Crippen molar-refractivity contribution in [2.45, 2.75) is 49.2 Å². The lowest BCUT2D eigenvalue weighted by molar-refractivity contribution is -0.260. The smallest absolute Gasteiger partial charge is 0.170 e. The first-order valence-corrected chi connectivity index (χ1v) is 12.0. The van der Waals surface area contributed by atoms with Crippen LogP contribution in [0.25, 0.3) is 0 Å². The highest BCUT2D eigenvalue weighted by Gasteiger charge is 2.46. The van der Waals surface area contributed by atoms with Crippen molar-refractivity contribution in [2.75, 3.05) is 6.61 Å². The molecule has 0 bridgehead atoms. The van der Waals surface area contributed by atoms with Gasteiger partial charge in [-0.05, 0) is 16.7 Å². The molecule has 5 atom stereocenters. The maximum atomic E-state index is 10.6. The molecule has 0 spiro atoms. The topological polar surface area (TPSA) is 57.2 Å². The summed E-state index contributed by atoms with van der Waals surface area (Å²) < 4.78 is 24.5. The van der Waals surface area contributed by atoms with E-state index in [1.807, 2.05) is 91.0 Å². The van der Waals surface area contributed by atoms with Crippen LogP contribution in [-0.4, -0.2) is 41.1 Å². The van der Waals surface area contributed by atoms with Crippen molar-refractivity contribution in [1.29, 1.82) is 0 Å². The van der Waals surface area contributed by atoms with Gasteiger partial charge in [0.05, 0.1) is 31.3 Å². The van der Waals surface area contributed by atoms with Gasteiger partial charge in [-0.3, -0.25) is 0 Å². The second kappa shape index (κ2) is 12.4. The number of aliphatic hydroxyl groups excluding tert-OH is 1. The number of ether oxygens (including phenoxy) is 4. The summed E-state index contributed by atoms with van der Waals surface area (Å²) in [7, 11) is 0. The van der Waals surface area contributed by atoms with E-state index in [9.17, 15) is 5.11 Å². The van der Waals surface area contributed by atoms with Crippen LogP contribution in [0.4, 0.5) is 0 Å². The van der Waals surface area contributed by atoms with Crippen LogP contribution in [0.5, 0.6) is 0 Å². The Morgan fingerprint density at radius 2 is 1.12 bits per heavy atom. The van der Waals surface area contributed by atoms with E-state index in [0.717, 1.165) is 16.7 Å². The third-order valence-electron chi connectivity index (χ3n) is 5.55. The molecule has 174 valence electrons. The molecule has 0 unspecified atom stereocenters. The Balaban J connectivity index is 1.46. The molecule has 0 aromatic heterocycles. The van der Waals surface area contributed by atoms with E-state index >= 15 is 0 Å². The largest absolute Gasteiger partial charge is 0.374 e. The van der Waals surface area contributed by atoms with Gasteiger partial charge in [0.25, 0.3) is 0 Å². The van der Waals surface area contributed by atoms with Crippen LogP contribution in [0.15, 0.2) is 91.0 Å². The fraction of sp³-hybridized carbons (Fsp3) is 0.333. The predicted octanol–water partition coefficient (Wildman–Crippen LogP) is 4.85. The van der Waals surface area contributed by atoms with Crippen LogP contribution in [0.3, 0.4) is 0 Å². The number of aliphatic hydroxyl groups is 1. The molecule has 1 aliphatic rings. The zero-order valence-electron chi connectivity index (χ0n) is 18.3. The first-order chi connectivity index (χ1) is 16.2. The molecule has 6 heteroatoms. The quantitative estimate of drug-likeness (QED) is 0.393. The fourth-order valence-corrected chi connectivity index (χ4v) is 4.39. The lowest BCUT2D eigenvalue weighted by Gasteiger charge is -2.42.